The second-order valence-electron chi connectivity index (χ2n) is 4.06. The minimum Gasteiger partial charge on any atom is -0.508 e. The molecule has 0 atom stereocenters. The molecule has 0 aliphatic carbocycles. The molecule has 2 aromatic rings. The summed E-state index contributed by atoms with van der Waals surface area (Å²) in [5, 5.41) is 18.5. The van der Waals surface area contributed by atoms with E-state index >= 15 is 0 Å². The predicted molar refractivity (Wildman–Crippen MR) is 69.5 cm³/mol. The third-order valence-electron chi connectivity index (χ3n) is 2.79. The highest BCUT2D eigenvalue weighted by Crippen LogP contribution is 2.30. The maximum absolute atomic E-state index is 9.60. The molecule has 3 nitrogen and oxygen atoms in total. The molecular formula is C15H13NO2. The Balaban J connectivity index is 2.55. The van der Waals surface area contributed by atoms with Crippen molar-refractivity contribution >= 4 is 0 Å². The third kappa shape index (κ3) is 2.28. The number of nitriles is 1. The second kappa shape index (κ2) is 4.80. The van der Waals surface area contributed by atoms with Crippen molar-refractivity contribution in [2.45, 2.75) is 6.92 Å². The number of nitrogens with zero attached hydrogens (tertiary/aromatic N) is 1. The summed E-state index contributed by atoms with van der Waals surface area (Å²) in [6.45, 7) is 1.97. The van der Waals surface area contributed by atoms with Gasteiger partial charge in [-0.25, -0.2) is 0 Å². The van der Waals surface area contributed by atoms with Crippen LogP contribution in [-0.2, 0) is 0 Å². The van der Waals surface area contributed by atoms with Crippen molar-refractivity contribution in [3.05, 3.63) is 47.5 Å². The Labute approximate surface area is 106 Å². The van der Waals surface area contributed by atoms with Crippen LogP contribution in [0.4, 0.5) is 0 Å². The number of ether oxygens (including phenoxy) is 1. The maximum Gasteiger partial charge on any atom is 0.119 e. The summed E-state index contributed by atoms with van der Waals surface area (Å²) >= 11 is 0. The number of phenolic OH excluding ortho intramolecular Hbond substituents is 1. The fraction of sp³-hybridized carbons (Fsp3) is 0.133. The first-order valence-electron chi connectivity index (χ1n) is 5.53. The molecule has 2 rings (SSSR count). The molecule has 0 aliphatic rings. The summed E-state index contributed by atoms with van der Waals surface area (Å²) in [5.41, 5.74) is 3.28. The van der Waals surface area contributed by atoms with Gasteiger partial charge in [0, 0.05) is 0 Å². The van der Waals surface area contributed by atoms with E-state index in [1.54, 1.807) is 19.2 Å². The Morgan fingerprint density at radius 3 is 2.56 bits per heavy atom. The van der Waals surface area contributed by atoms with E-state index in [4.69, 9.17) is 10.00 Å². The smallest absolute Gasteiger partial charge is 0.119 e. The van der Waals surface area contributed by atoms with E-state index in [0.29, 0.717) is 5.56 Å². The Bertz CT molecular complexity index is 627. The minimum atomic E-state index is 0.0965. The Kier molecular flexibility index (Phi) is 3.20. The molecule has 0 fully saturated rings. The van der Waals surface area contributed by atoms with Crippen LogP contribution < -0.4 is 4.74 Å². The highest BCUT2D eigenvalue weighted by molar-refractivity contribution is 5.71. The van der Waals surface area contributed by atoms with Crippen LogP contribution in [-0.4, -0.2) is 12.2 Å². The van der Waals surface area contributed by atoms with E-state index in [0.717, 1.165) is 22.4 Å². The Morgan fingerprint density at radius 2 is 1.94 bits per heavy atom. The van der Waals surface area contributed by atoms with Gasteiger partial charge in [0.1, 0.15) is 11.5 Å². The van der Waals surface area contributed by atoms with E-state index in [-0.39, 0.29) is 5.75 Å². The Morgan fingerprint density at radius 1 is 1.17 bits per heavy atom. The third-order valence-corrected chi connectivity index (χ3v) is 2.79. The van der Waals surface area contributed by atoms with E-state index < -0.39 is 0 Å². The van der Waals surface area contributed by atoms with Gasteiger partial charge in [-0.2, -0.15) is 5.26 Å². The maximum atomic E-state index is 9.60. The van der Waals surface area contributed by atoms with Crippen molar-refractivity contribution in [1.82, 2.24) is 0 Å². The first-order valence-corrected chi connectivity index (χ1v) is 5.53. The summed E-state index contributed by atoms with van der Waals surface area (Å²) in [4.78, 5) is 0. The number of aryl methyl sites for hydroxylation is 1. The van der Waals surface area contributed by atoms with Crippen LogP contribution in [0.15, 0.2) is 36.4 Å². The number of hydrogen-bond acceptors (Lipinski definition) is 3. The zero-order valence-corrected chi connectivity index (χ0v) is 10.3. The highest BCUT2D eigenvalue weighted by atomic mass is 16.5. The molecule has 18 heavy (non-hydrogen) atoms. The van der Waals surface area contributed by atoms with Crippen molar-refractivity contribution in [2.75, 3.05) is 7.11 Å². The molecule has 3 heteroatoms. The van der Waals surface area contributed by atoms with E-state index in [2.05, 4.69) is 0 Å². The predicted octanol–water partition coefficient (Wildman–Crippen LogP) is 3.25. The van der Waals surface area contributed by atoms with Crippen LogP contribution in [0.2, 0.25) is 0 Å². The van der Waals surface area contributed by atoms with Gasteiger partial charge in [0.15, 0.2) is 0 Å². The number of rotatable bonds is 2. The lowest BCUT2D eigenvalue weighted by atomic mass is 9.98. The largest absolute Gasteiger partial charge is 0.508 e. The Hall–Kier alpha value is -2.47. The zero-order chi connectivity index (χ0) is 13.1. The molecule has 0 spiro atoms. The van der Waals surface area contributed by atoms with Crippen LogP contribution in [0.1, 0.15) is 11.1 Å². The van der Waals surface area contributed by atoms with Crippen LogP contribution in [0.25, 0.3) is 11.1 Å². The molecule has 0 aromatic heterocycles. The van der Waals surface area contributed by atoms with Gasteiger partial charge in [-0.3, -0.25) is 0 Å². The lowest BCUT2D eigenvalue weighted by molar-refractivity contribution is 0.414. The summed E-state index contributed by atoms with van der Waals surface area (Å²) in [5.74, 6) is 0.885. The highest BCUT2D eigenvalue weighted by Gasteiger charge is 2.06. The summed E-state index contributed by atoms with van der Waals surface area (Å²) in [7, 11) is 1.62. The number of benzene rings is 2. The average molecular weight is 239 g/mol. The molecule has 2 aromatic carbocycles. The van der Waals surface area contributed by atoms with Gasteiger partial charge in [0.05, 0.1) is 18.7 Å². The van der Waals surface area contributed by atoms with Crippen molar-refractivity contribution in [3.8, 4) is 28.7 Å². The van der Waals surface area contributed by atoms with Gasteiger partial charge in [0.25, 0.3) is 0 Å². The van der Waals surface area contributed by atoms with E-state index in [1.165, 1.54) is 6.07 Å². The normalized spacial score (nSPS) is 9.83. The topological polar surface area (TPSA) is 53.2 Å². The van der Waals surface area contributed by atoms with Crippen molar-refractivity contribution in [2.24, 2.45) is 0 Å². The van der Waals surface area contributed by atoms with Crippen molar-refractivity contribution in [3.63, 3.8) is 0 Å². The zero-order valence-electron chi connectivity index (χ0n) is 10.3. The molecule has 0 saturated heterocycles. The van der Waals surface area contributed by atoms with E-state index in [1.807, 2.05) is 31.2 Å². The molecule has 0 saturated carbocycles. The molecule has 90 valence electrons. The molecule has 0 radical (unpaired) electrons. The van der Waals surface area contributed by atoms with Gasteiger partial charge >= 0.3 is 0 Å². The standard InChI is InChI=1S/C15H13NO2/c1-10-5-14(18-2)3-4-15(10)12-6-11(9-16)7-13(17)8-12/h3-8,17H,1-2H3. The van der Waals surface area contributed by atoms with Gasteiger partial charge in [-0.05, 0) is 53.9 Å². The lowest BCUT2D eigenvalue weighted by Gasteiger charge is -2.09. The first kappa shape index (κ1) is 12.0. The number of aromatic hydroxyl groups is 1. The number of hydrogen-bond donors (Lipinski definition) is 1. The molecule has 0 unspecified atom stereocenters. The SMILES string of the molecule is COc1ccc(-c2cc(O)cc(C#N)c2)c(C)c1. The van der Waals surface area contributed by atoms with Gasteiger partial charge in [0.2, 0.25) is 0 Å². The van der Waals surface area contributed by atoms with Gasteiger partial charge < -0.3 is 9.84 Å². The summed E-state index contributed by atoms with van der Waals surface area (Å²) in [6, 6.07) is 12.6. The molecular weight excluding hydrogens is 226 g/mol. The summed E-state index contributed by atoms with van der Waals surface area (Å²) < 4.78 is 5.15. The first-order chi connectivity index (χ1) is 8.63. The van der Waals surface area contributed by atoms with Gasteiger partial charge in [-0.15, -0.1) is 0 Å². The van der Waals surface area contributed by atoms with Crippen LogP contribution in [0.3, 0.4) is 0 Å². The van der Waals surface area contributed by atoms with E-state index in [9.17, 15) is 5.11 Å². The number of phenols is 1. The monoisotopic (exact) mass is 239 g/mol. The second-order valence-corrected chi connectivity index (χ2v) is 4.06. The molecule has 0 amide bonds. The molecule has 0 bridgehead atoms. The summed E-state index contributed by atoms with van der Waals surface area (Å²) in [6.07, 6.45) is 0. The van der Waals surface area contributed by atoms with Crippen molar-refractivity contribution in [1.29, 1.82) is 5.26 Å². The fourth-order valence-corrected chi connectivity index (χ4v) is 1.92. The number of methoxy groups -OCH3 is 1. The minimum absolute atomic E-state index is 0.0965. The van der Waals surface area contributed by atoms with Crippen molar-refractivity contribution < 1.29 is 9.84 Å². The van der Waals surface area contributed by atoms with Gasteiger partial charge in [-0.1, -0.05) is 6.07 Å². The quantitative estimate of drug-likeness (QED) is 0.875. The lowest BCUT2D eigenvalue weighted by Crippen LogP contribution is -1.88. The fourth-order valence-electron chi connectivity index (χ4n) is 1.92. The van der Waals surface area contributed by atoms with Crippen LogP contribution in [0, 0.1) is 18.3 Å². The van der Waals surface area contributed by atoms with Crippen LogP contribution in [0.5, 0.6) is 11.5 Å². The molecule has 0 heterocycles. The molecule has 0 aliphatic heterocycles. The van der Waals surface area contributed by atoms with Crippen LogP contribution >= 0.6 is 0 Å². The average Bonchev–Trinajstić information content (AvgIpc) is 2.37. The molecule has 1 N–H and O–H groups in total.